The van der Waals surface area contributed by atoms with E-state index in [-0.39, 0.29) is 27.2 Å². The zero-order chi connectivity index (χ0) is 50.0. The van der Waals surface area contributed by atoms with Crippen LogP contribution in [-0.4, -0.2) is 74.3 Å². The fourth-order valence-corrected chi connectivity index (χ4v) is 18.3. The summed E-state index contributed by atoms with van der Waals surface area (Å²) < 4.78 is 16.2. The van der Waals surface area contributed by atoms with E-state index in [4.69, 9.17) is 24.8 Å². The molecule has 0 unspecified atom stereocenters. The summed E-state index contributed by atoms with van der Waals surface area (Å²) in [4.78, 5) is 0. The van der Waals surface area contributed by atoms with E-state index in [1.807, 2.05) is 5.57 Å². The molecule has 0 amide bonds. The maximum absolute atomic E-state index is 8.86. The number of rotatable bonds is 20. The molecule has 6 nitrogen and oxygen atoms in total. The molecule has 8 aliphatic rings. The van der Waals surface area contributed by atoms with Gasteiger partial charge in [0.15, 0.2) is 0 Å². The lowest BCUT2D eigenvalue weighted by molar-refractivity contribution is -0.0683. The van der Waals surface area contributed by atoms with Crippen LogP contribution in [0.5, 0.6) is 0 Å². The van der Waals surface area contributed by atoms with Crippen molar-refractivity contribution in [3.05, 3.63) is 23.3 Å². The van der Waals surface area contributed by atoms with E-state index >= 15 is 0 Å². The van der Waals surface area contributed by atoms with Crippen LogP contribution in [0, 0.1) is 98.6 Å². The highest BCUT2D eigenvalue weighted by molar-refractivity contribution is 5.27. The lowest BCUT2D eigenvalue weighted by Crippen LogP contribution is -2.51. The van der Waals surface area contributed by atoms with Crippen molar-refractivity contribution in [3.8, 4) is 0 Å². The summed E-state index contributed by atoms with van der Waals surface area (Å²) in [6.07, 6.45) is 37.0. The highest BCUT2D eigenvalue weighted by Gasteiger charge is 2.61. The van der Waals surface area contributed by atoms with Gasteiger partial charge in [-0.15, -0.1) is 0 Å². The van der Waals surface area contributed by atoms with Crippen LogP contribution in [0.2, 0.25) is 0 Å². The highest BCUT2D eigenvalue weighted by atomic mass is 16.5. The Morgan fingerprint density at radius 1 is 0.514 bits per heavy atom. The highest BCUT2D eigenvalue weighted by Crippen LogP contribution is 2.69. The van der Waals surface area contributed by atoms with Gasteiger partial charge in [-0.3, -0.25) is 0 Å². The van der Waals surface area contributed by atoms with Gasteiger partial charge < -0.3 is 29.5 Å². The molecular formula is C64H116O6. The molecule has 0 radical (unpaired) electrons. The van der Waals surface area contributed by atoms with E-state index in [2.05, 4.69) is 93.1 Å². The predicted molar refractivity (Wildman–Crippen MR) is 295 cm³/mol. The molecule has 6 fully saturated rings. The van der Waals surface area contributed by atoms with Crippen molar-refractivity contribution in [2.75, 3.05) is 52.9 Å². The monoisotopic (exact) mass is 981 g/mol. The number of aliphatic hydroxyl groups is 3. The van der Waals surface area contributed by atoms with Gasteiger partial charge in [-0.1, -0.05) is 145 Å². The maximum atomic E-state index is 8.86. The summed E-state index contributed by atoms with van der Waals surface area (Å²) in [5.41, 5.74) is 5.75. The van der Waals surface area contributed by atoms with Crippen molar-refractivity contribution >= 4 is 0 Å². The number of hydrogen-bond acceptors (Lipinski definition) is 6. The van der Waals surface area contributed by atoms with Gasteiger partial charge in [-0.2, -0.15) is 0 Å². The molecule has 0 aromatic heterocycles. The summed E-state index contributed by atoms with van der Waals surface area (Å²) >= 11 is 0. The van der Waals surface area contributed by atoms with Gasteiger partial charge in [0.25, 0.3) is 0 Å². The van der Waals surface area contributed by atoms with E-state index in [0.29, 0.717) is 60.8 Å². The van der Waals surface area contributed by atoms with Gasteiger partial charge in [0.1, 0.15) is 0 Å². The molecule has 0 aromatic carbocycles. The first-order chi connectivity index (χ1) is 33.0. The van der Waals surface area contributed by atoms with E-state index in [1.165, 1.54) is 135 Å². The van der Waals surface area contributed by atoms with E-state index in [1.54, 1.807) is 5.57 Å². The van der Waals surface area contributed by atoms with Crippen molar-refractivity contribution in [2.24, 2.45) is 98.6 Å². The van der Waals surface area contributed by atoms with Crippen LogP contribution in [0.4, 0.5) is 0 Å². The second kappa shape index (κ2) is 27.3. The molecule has 0 aliphatic heterocycles. The van der Waals surface area contributed by atoms with Gasteiger partial charge in [0.05, 0.1) is 59.0 Å². The Bertz CT molecular complexity index is 1580. The molecule has 0 saturated heterocycles. The molecule has 6 saturated carbocycles. The topological polar surface area (TPSA) is 88.4 Å². The van der Waals surface area contributed by atoms with Crippen LogP contribution >= 0.6 is 0 Å². The number of allylic oxidation sites excluding steroid dienone is 3. The van der Waals surface area contributed by atoms with Gasteiger partial charge in [0.2, 0.25) is 0 Å². The summed E-state index contributed by atoms with van der Waals surface area (Å²) in [6.45, 7) is 30.3. The molecule has 16 atom stereocenters. The average Bonchev–Trinajstić information content (AvgIpc) is 3.86. The predicted octanol–water partition coefficient (Wildman–Crippen LogP) is 15.7. The Hall–Kier alpha value is -0.760. The molecule has 70 heavy (non-hydrogen) atoms. The SMILES string of the molecule is C.CC(C)CCC[C@@H](C)[C@H]1CC[C@H]2[C@@H]3CC=C4C[C@@H](C)CC[C@]4(C)[C@H]3CC[C@]12C.CC(C)CCC[C@@H](C)[C@H]1CC[C@H]2[C@@H]3CC=C4C[C@@H](OCCOCCO)CC[C@]4(C)[C@H]3CC[C@]12C.OCCOCCO. The van der Waals surface area contributed by atoms with Crippen molar-refractivity contribution in [1.29, 1.82) is 0 Å². The van der Waals surface area contributed by atoms with E-state index < -0.39 is 0 Å². The second-order valence-corrected chi connectivity index (χ2v) is 27.1. The Kier molecular flexibility index (Phi) is 23.5. The third-order valence-electron chi connectivity index (χ3n) is 22.1. The quantitative estimate of drug-likeness (QED) is 0.0832. The molecule has 6 heteroatoms. The summed E-state index contributed by atoms with van der Waals surface area (Å²) in [5.74, 6) is 12.1. The fourth-order valence-electron chi connectivity index (χ4n) is 18.3. The Morgan fingerprint density at radius 2 is 0.957 bits per heavy atom. The minimum absolute atomic E-state index is 0. The largest absolute Gasteiger partial charge is 0.394 e. The molecule has 408 valence electrons. The second-order valence-electron chi connectivity index (χ2n) is 27.1. The third kappa shape index (κ3) is 13.8. The third-order valence-corrected chi connectivity index (χ3v) is 22.1. The zero-order valence-electron chi connectivity index (χ0n) is 47.0. The van der Waals surface area contributed by atoms with Crippen LogP contribution in [0.15, 0.2) is 23.3 Å². The molecular weight excluding hydrogens is 865 g/mol. The standard InChI is InChI=1S/C31H54O3.C28H48.C4H10O3.CH4/c1-22(2)7-6-8-23(3)27-11-12-28-26-10-9-24-21-25(34-20-19-33-18-17-32)13-15-30(24,4)29(26)14-16-31(27,28)5;1-19(2)8-7-9-21(4)24-12-13-25-23-11-10-22-18-20(3)14-16-27(22,5)26(23)15-17-28(24,25)6;5-1-3-7-4-2-6;/h9,22-23,25-29,32H,6-8,10-21H2,1-5H3;10,19-21,23-26H,7-9,11-18H2,1-6H3;5-6H,1-4H2;1H4/t23-,25+,26+,27-,28+,29+,30+,31-;20-,21+,23-,24+,25-,26-,27-,28+;;/m10../s1. The Labute approximate surface area is 433 Å². The first-order valence-corrected chi connectivity index (χ1v) is 29.9. The molecule has 3 N–H and O–H groups in total. The first kappa shape index (κ1) is 60.1. The number of hydrogen-bond donors (Lipinski definition) is 3. The maximum Gasteiger partial charge on any atom is 0.0704 e. The van der Waals surface area contributed by atoms with Crippen molar-refractivity contribution in [1.82, 2.24) is 0 Å². The number of aliphatic hydroxyl groups excluding tert-OH is 3. The van der Waals surface area contributed by atoms with Crippen molar-refractivity contribution in [3.63, 3.8) is 0 Å². The molecule has 0 spiro atoms. The van der Waals surface area contributed by atoms with Gasteiger partial charge in [0, 0.05) is 0 Å². The summed E-state index contributed by atoms with van der Waals surface area (Å²) in [5, 5.41) is 25.0. The molecule has 8 aliphatic carbocycles. The first-order valence-electron chi connectivity index (χ1n) is 29.9. The fraction of sp³-hybridized carbons (Fsp3) is 0.938. The Balaban J connectivity index is 0.000000230. The molecule has 8 rings (SSSR count). The van der Waals surface area contributed by atoms with Crippen molar-refractivity contribution < 1.29 is 29.5 Å². The van der Waals surface area contributed by atoms with Crippen LogP contribution in [0.1, 0.15) is 225 Å². The van der Waals surface area contributed by atoms with Gasteiger partial charge >= 0.3 is 0 Å². The molecule has 0 bridgehead atoms. The smallest absolute Gasteiger partial charge is 0.0704 e. The van der Waals surface area contributed by atoms with Crippen LogP contribution in [0.25, 0.3) is 0 Å². The minimum Gasteiger partial charge on any atom is -0.394 e. The summed E-state index contributed by atoms with van der Waals surface area (Å²) in [6, 6.07) is 0. The number of ether oxygens (including phenoxy) is 3. The average molecular weight is 982 g/mol. The molecule has 0 aromatic rings. The normalized spacial score (nSPS) is 39.2. The molecule has 0 heterocycles. The van der Waals surface area contributed by atoms with Crippen LogP contribution in [0.3, 0.4) is 0 Å². The van der Waals surface area contributed by atoms with Crippen molar-refractivity contribution in [2.45, 2.75) is 231 Å². The minimum atomic E-state index is 0. The van der Waals surface area contributed by atoms with Gasteiger partial charge in [-0.05, 0) is 201 Å². The van der Waals surface area contributed by atoms with E-state index in [0.717, 1.165) is 83.4 Å². The Morgan fingerprint density at radius 3 is 1.41 bits per heavy atom. The van der Waals surface area contributed by atoms with Crippen LogP contribution < -0.4 is 0 Å². The lowest BCUT2D eigenvalue weighted by atomic mass is 9.46. The van der Waals surface area contributed by atoms with E-state index in [9.17, 15) is 0 Å². The lowest BCUT2D eigenvalue weighted by Gasteiger charge is -2.58. The number of fused-ring (bicyclic) bond motifs is 10. The zero-order valence-corrected chi connectivity index (χ0v) is 47.0. The summed E-state index contributed by atoms with van der Waals surface area (Å²) in [7, 11) is 0. The van der Waals surface area contributed by atoms with Gasteiger partial charge in [-0.25, -0.2) is 0 Å². The van der Waals surface area contributed by atoms with Crippen LogP contribution in [-0.2, 0) is 14.2 Å².